The minimum atomic E-state index is -2.42. The highest BCUT2D eigenvalue weighted by molar-refractivity contribution is 4.90. The summed E-state index contributed by atoms with van der Waals surface area (Å²) < 4.78 is 26.3. The molecule has 2 saturated heterocycles. The SMILES string of the molecule is CCN1CCN2CCC(F)(F)CC2C1. The van der Waals surface area contributed by atoms with Crippen LogP contribution in [0.15, 0.2) is 0 Å². The zero-order valence-corrected chi connectivity index (χ0v) is 8.68. The normalized spacial score (nSPS) is 34.1. The van der Waals surface area contributed by atoms with Gasteiger partial charge in [-0.2, -0.15) is 0 Å². The third-order valence-corrected chi connectivity index (χ3v) is 3.44. The maximum absolute atomic E-state index is 13.2. The van der Waals surface area contributed by atoms with E-state index < -0.39 is 5.92 Å². The highest BCUT2D eigenvalue weighted by Crippen LogP contribution is 2.33. The molecule has 0 aliphatic carbocycles. The minimum Gasteiger partial charge on any atom is -0.301 e. The molecule has 14 heavy (non-hydrogen) atoms. The molecule has 2 heterocycles. The summed E-state index contributed by atoms with van der Waals surface area (Å²) >= 11 is 0. The van der Waals surface area contributed by atoms with Crippen LogP contribution in [-0.4, -0.2) is 54.5 Å². The van der Waals surface area contributed by atoms with E-state index in [1.807, 2.05) is 0 Å². The zero-order valence-electron chi connectivity index (χ0n) is 8.68. The fourth-order valence-electron chi connectivity index (χ4n) is 2.49. The number of halogens is 2. The van der Waals surface area contributed by atoms with Gasteiger partial charge in [0.25, 0.3) is 5.92 Å². The first kappa shape index (κ1) is 10.3. The molecule has 1 atom stereocenters. The molecule has 2 nitrogen and oxygen atoms in total. The highest BCUT2D eigenvalue weighted by atomic mass is 19.3. The Hall–Kier alpha value is -0.220. The van der Waals surface area contributed by atoms with Gasteiger partial charge in [0.05, 0.1) is 0 Å². The summed E-state index contributed by atoms with van der Waals surface area (Å²) in [7, 11) is 0. The fourth-order valence-corrected chi connectivity index (χ4v) is 2.49. The molecule has 2 rings (SSSR count). The fraction of sp³-hybridized carbons (Fsp3) is 1.00. The first-order chi connectivity index (χ1) is 6.61. The van der Waals surface area contributed by atoms with Crippen LogP contribution in [0, 0.1) is 0 Å². The number of piperidine rings is 1. The van der Waals surface area contributed by atoms with Gasteiger partial charge in [-0.15, -0.1) is 0 Å². The molecule has 2 aliphatic rings. The van der Waals surface area contributed by atoms with Crippen LogP contribution in [-0.2, 0) is 0 Å². The number of hydrogen-bond acceptors (Lipinski definition) is 2. The smallest absolute Gasteiger partial charge is 0.250 e. The lowest BCUT2D eigenvalue weighted by Gasteiger charge is -2.45. The lowest BCUT2D eigenvalue weighted by Crippen LogP contribution is -2.58. The first-order valence-corrected chi connectivity index (χ1v) is 5.45. The van der Waals surface area contributed by atoms with Gasteiger partial charge in [0.15, 0.2) is 0 Å². The third-order valence-electron chi connectivity index (χ3n) is 3.44. The molecule has 0 bridgehead atoms. The van der Waals surface area contributed by atoms with Crippen LogP contribution in [0.3, 0.4) is 0 Å². The van der Waals surface area contributed by atoms with E-state index in [1.165, 1.54) is 0 Å². The maximum Gasteiger partial charge on any atom is 0.250 e. The molecule has 0 aromatic rings. The van der Waals surface area contributed by atoms with Crippen LogP contribution in [0.4, 0.5) is 8.78 Å². The van der Waals surface area contributed by atoms with Crippen molar-refractivity contribution in [1.29, 1.82) is 0 Å². The van der Waals surface area contributed by atoms with E-state index in [9.17, 15) is 8.78 Å². The Kier molecular flexibility index (Phi) is 2.75. The average Bonchev–Trinajstić information content (AvgIpc) is 2.15. The lowest BCUT2D eigenvalue weighted by atomic mass is 9.96. The molecule has 4 heteroatoms. The summed E-state index contributed by atoms with van der Waals surface area (Å²) in [6, 6.07) is 0.0902. The van der Waals surface area contributed by atoms with Crippen LogP contribution in [0.5, 0.6) is 0 Å². The van der Waals surface area contributed by atoms with Crippen LogP contribution in [0.2, 0.25) is 0 Å². The molecule has 0 radical (unpaired) electrons. The van der Waals surface area contributed by atoms with Crippen molar-refractivity contribution in [3.05, 3.63) is 0 Å². The zero-order chi connectivity index (χ0) is 10.2. The second-order valence-electron chi connectivity index (χ2n) is 4.39. The van der Waals surface area contributed by atoms with Crippen molar-refractivity contribution >= 4 is 0 Å². The largest absolute Gasteiger partial charge is 0.301 e. The Morgan fingerprint density at radius 2 is 2.07 bits per heavy atom. The van der Waals surface area contributed by atoms with E-state index in [-0.39, 0.29) is 18.9 Å². The topological polar surface area (TPSA) is 6.48 Å². The van der Waals surface area contributed by atoms with Crippen LogP contribution >= 0.6 is 0 Å². The molecular weight excluding hydrogens is 186 g/mol. The van der Waals surface area contributed by atoms with Crippen molar-refractivity contribution in [3.8, 4) is 0 Å². The number of rotatable bonds is 1. The summed E-state index contributed by atoms with van der Waals surface area (Å²) in [6.45, 7) is 6.49. The third kappa shape index (κ3) is 2.06. The Labute approximate surface area is 83.9 Å². The van der Waals surface area contributed by atoms with Gasteiger partial charge >= 0.3 is 0 Å². The monoisotopic (exact) mass is 204 g/mol. The number of likely N-dealkylation sites (N-methyl/N-ethyl adjacent to an activating group) is 1. The molecule has 0 N–H and O–H groups in total. The second-order valence-corrected chi connectivity index (χ2v) is 4.39. The van der Waals surface area contributed by atoms with Crippen molar-refractivity contribution < 1.29 is 8.78 Å². The Bertz CT molecular complexity index is 208. The van der Waals surface area contributed by atoms with Crippen molar-refractivity contribution in [1.82, 2.24) is 9.80 Å². The van der Waals surface area contributed by atoms with Gasteiger partial charge in [0.2, 0.25) is 0 Å². The van der Waals surface area contributed by atoms with Gasteiger partial charge in [-0.1, -0.05) is 6.92 Å². The number of piperazine rings is 1. The van der Waals surface area contributed by atoms with Gasteiger partial charge in [-0.05, 0) is 6.54 Å². The summed E-state index contributed by atoms with van der Waals surface area (Å²) in [4.78, 5) is 4.49. The first-order valence-electron chi connectivity index (χ1n) is 5.45. The van der Waals surface area contributed by atoms with E-state index in [1.54, 1.807) is 0 Å². The average molecular weight is 204 g/mol. The van der Waals surface area contributed by atoms with Crippen molar-refractivity contribution in [2.75, 3.05) is 32.7 Å². The van der Waals surface area contributed by atoms with Crippen molar-refractivity contribution in [2.24, 2.45) is 0 Å². The Morgan fingerprint density at radius 1 is 1.29 bits per heavy atom. The van der Waals surface area contributed by atoms with Gasteiger partial charge in [0, 0.05) is 45.1 Å². The molecule has 82 valence electrons. The molecule has 2 fully saturated rings. The summed E-state index contributed by atoms with van der Waals surface area (Å²) in [5, 5.41) is 0. The van der Waals surface area contributed by atoms with Gasteiger partial charge < -0.3 is 4.90 Å². The van der Waals surface area contributed by atoms with Gasteiger partial charge in [-0.25, -0.2) is 8.78 Å². The molecular formula is C10H18F2N2. The van der Waals surface area contributed by atoms with E-state index >= 15 is 0 Å². The lowest BCUT2D eigenvalue weighted by molar-refractivity contribution is -0.0946. The highest BCUT2D eigenvalue weighted by Gasteiger charge is 2.41. The Balaban J connectivity index is 1.97. The Morgan fingerprint density at radius 3 is 2.79 bits per heavy atom. The van der Waals surface area contributed by atoms with Crippen molar-refractivity contribution in [3.63, 3.8) is 0 Å². The van der Waals surface area contributed by atoms with E-state index in [4.69, 9.17) is 0 Å². The molecule has 0 amide bonds. The quantitative estimate of drug-likeness (QED) is 0.637. The van der Waals surface area contributed by atoms with Gasteiger partial charge in [0.1, 0.15) is 0 Å². The number of alkyl halides is 2. The minimum absolute atomic E-state index is 0.0512. The van der Waals surface area contributed by atoms with E-state index in [0.29, 0.717) is 6.54 Å². The second kappa shape index (κ2) is 3.74. The van der Waals surface area contributed by atoms with Crippen molar-refractivity contribution in [2.45, 2.75) is 31.7 Å². The maximum atomic E-state index is 13.2. The summed E-state index contributed by atoms with van der Waals surface area (Å²) in [5.74, 6) is -2.42. The predicted molar refractivity (Wildman–Crippen MR) is 51.7 cm³/mol. The standard InChI is InChI=1S/C10H18F2N2/c1-2-13-5-6-14-4-3-10(11,12)7-9(14)8-13/h9H,2-8H2,1H3. The molecule has 0 aromatic carbocycles. The predicted octanol–water partition coefficient (Wildman–Crippen LogP) is 1.42. The molecule has 0 aromatic heterocycles. The summed E-state index contributed by atoms with van der Waals surface area (Å²) in [5.41, 5.74) is 0. The summed E-state index contributed by atoms with van der Waals surface area (Å²) in [6.07, 6.45) is 0.110. The molecule has 0 spiro atoms. The molecule has 0 saturated carbocycles. The van der Waals surface area contributed by atoms with Gasteiger partial charge in [-0.3, -0.25) is 4.90 Å². The van der Waals surface area contributed by atoms with E-state index in [0.717, 1.165) is 26.2 Å². The number of nitrogens with zero attached hydrogens (tertiary/aromatic N) is 2. The van der Waals surface area contributed by atoms with E-state index in [2.05, 4.69) is 16.7 Å². The van der Waals surface area contributed by atoms with Crippen LogP contribution < -0.4 is 0 Å². The van der Waals surface area contributed by atoms with Crippen LogP contribution in [0.25, 0.3) is 0 Å². The van der Waals surface area contributed by atoms with Crippen LogP contribution in [0.1, 0.15) is 19.8 Å². The molecule has 1 unspecified atom stereocenters. The number of fused-ring (bicyclic) bond motifs is 1. The number of hydrogen-bond donors (Lipinski definition) is 0. The molecule has 2 aliphatic heterocycles.